The van der Waals surface area contributed by atoms with E-state index in [1.165, 1.54) is 0 Å². The summed E-state index contributed by atoms with van der Waals surface area (Å²) in [7, 11) is 0. The molecular formula is C22H21N5O2. The minimum atomic E-state index is -0.0259. The van der Waals surface area contributed by atoms with Crippen molar-refractivity contribution >= 4 is 5.91 Å². The molecule has 1 aromatic carbocycles. The molecule has 0 saturated carbocycles. The average molecular weight is 387 g/mol. The fraction of sp³-hybridized carbons (Fsp3) is 0.318. The van der Waals surface area contributed by atoms with Gasteiger partial charge in [0, 0.05) is 36.8 Å². The number of nitrogens with zero attached hydrogens (tertiary/aromatic N) is 5. The fourth-order valence-electron chi connectivity index (χ4n) is 3.73. The van der Waals surface area contributed by atoms with E-state index in [1.807, 2.05) is 24.8 Å². The maximum absolute atomic E-state index is 13.0. The van der Waals surface area contributed by atoms with E-state index < -0.39 is 0 Å². The molecule has 1 fully saturated rings. The molecule has 1 aliphatic heterocycles. The Morgan fingerprint density at radius 3 is 2.76 bits per heavy atom. The fourth-order valence-corrected chi connectivity index (χ4v) is 3.73. The number of amides is 1. The van der Waals surface area contributed by atoms with Gasteiger partial charge >= 0.3 is 0 Å². The van der Waals surface area contributed by atoms with Crippen LogP contribution in [0.3, 0.4) is 0 Å². The molecule has 1 unspecified atom stereocenters. The van der Waals surface area contributed by atoms with E-state index >= 15 is 0 Å². The van der Waals surface area contributed by atoms with Crippen LogP contribution >= 0.6 is 0 Å². The van der Waals surface area contributed by atoms with Crippen LogP contribution in [0, 0.1) is 25.2 Å². The van der Waals surface area contributed by atoms with Crippen LogP contribution in [0.15, 0.2) is 41.1 Å². The second kappa shape index (κ2) is 7.84. The number of aryl methyl sites for hydroxylation is 2. The van der Waals surface area contributed by atoms with Crippen molar-refractivity contribution in [2.75, 3.05) is 13.1 Å². The van der Waals surface area contributed by atoms with Gasteiger partial charge in [0.2, 0.25) is 0 Å². The van der Waals surface area contributed by atoms with Crippen molar-refractivity contribution in [1.29, 1.82) is 5.26 Å². The topological polar surface area (TPSA) is 95.9 Å². The molecule has 0 spiro atoms. The smallest absolute Gasteiger partial charge is 0.253 e. The molecule has 0 bridgehead atoms. The van der Waals surface area contributed by atoms with Crippen molar-refractivity contribution in [2.45, 2.75) is 32.6 Å². The van der Waals surface area contributed by atoms with Crippen molar-refractivity contribution < 1.29 is 9.32 Å². The van der Waals surface area contributed by atoms with Crippen LogP contribution in [0.25, 0.3) is 11.3 Å². The monoisotopic (exact) mass is 387 g/mol. The van der Waals surface area contributed by atoms with Gasteiger partial charge in [-0.1, -0.05) is 5.16 Å². The molecule has 0 N–H and O–H groups in total. The summed E-state index contributed by atoms with van der Waals surface area (Å²) in [6.07, 6.45) is 3.61. The van der Waals surface area contributed by atoms with Crippen LogP contribution in [0.2, 0.25) is 0 Å². The molecule has 7 nitrogen and oxygen atoms in total. The van der Waals surface area contributed by atoms with Crippen LogP contribution < -0.4 is 0 Å². The summed E-state index contributed by atoms with van der Waals surface area (Å²) < 4.78 is 5.45. The zero-order chi connectivity index (χ0) is 20.4. The Balaban J connectivity index is 1.61. The summed E-state index contributed by atoms with van der Waals surface area (Å²) >= 11 is 0. The van der Waals surface area contributed by atoms with E-state index in [2.05, 4.69) is 16.2 Å². The van der Waals surface area contributed by atoms with Gasteiger partial charge < -0.3 is 9.42 Å². The van der Waals surface area contributed by atoms with Crippen molar-refractivity contribution in [2.24, 2.45) is 0 Å². The highest BCUT2D eigenvalue weighted by Crippen LogP contribution is 2.33. The number of likely N-dealkylation sites (tertiary alicyclic amines) is 1. The summed E-state index contributed by atoms with van der Waals surface area (Å²) in [6.45, 7) is 5.02. The molecule has 1 aliphatic rings. The SMILES string of the molecule is Cc1cc(-c2cnc(C)nc2C2CCCN(C(=O)c3ccc(C#N)cc3)C2)on1. The van der Waals surface area contributed by atoms with Crippen LogP contribution in [0.5, 0.6) is 0 Å². The highest BCUT2D eigenvalue weighted by atomic mass is 16.5. The van der Waals surface area contributed by atoms with E-state index in [4.69, 9.17) is 14.8 Å². The molecule has 146 valence electrons. The maximum Gasteiger partial charge on any atom is 0.253 e. The zero-order valence-electron chi connectivity index (χ0n) is 16.4. The molecule has 0 radical (unpaired) electrons. The normalized spacial score (nSPS) is 16.4. The number of hydrogen-bond acceptors (Lipinski definition) is 6. The second-order valence-electron chi connectivity index (χ2n) is 7.33. The highest BCUT2D eigenvalue weighted by Gasteiger charge is 2.29. The Kier molecular flexibility index (Phi) is 5.09. The first-order valence-electron chi connectivity index (χ1n) is 9.62. The van der Waals surface area contributed by atoms with E-state index in [0.29, 0.717) is 35.8 Å². The van der Waals surface area contributed by atoms with Gasteiger partial charge in [-0.25, -0.2) is 9.97 Å². The van der Waals surface area contributed by atoms with Crippen LogP contribution in [-0.2, 0) is 0 Å². The number of hydrogen-bond donors (Lipinski definition) is 0. The molecule has 3 aromatic rings. The maximum atomic E-state index is 13.0. The quantitative estimate of drug-likeness (QED) is 0.681. The molecule has 4 rings (SSSR count). The van der Waals surface area contributed by atoms with Gasteiger partial charge in [0.1, 0.15) is 5.82 Å². The standard InChI is InChI=1S/C22H21N5O2/c1-14-10-20(29-26-14)19-12-24-15(2)25-21(19)18-4-3-9-27(13-18)22(28)17-7-5-16(11-23)6-8-17/h5-8,10,12,18H,3-4,9,13H2,1-2H3. The molecular weight excluding hydrogens is 366 g/mol. The molecule has 1 amide bonds. The minimum absolute atomic E-state index is 0.0259. The molecule has 3 heterocycles. The van der Waals surface area contributed by atoms with Gasteiger partial charge in [-0.2, -0.15) is 5.26 Å². The third-order valence-corrected chi connectivity index (χ3v) is 5.19. The second-order valence-corrected chi connectivity index (χ2v) is 7.33. The first kappa shape index (κ1) is 18.8. The number of nitriles is 1. The van der Waals surface area contributed by atoms with Gasteiger partial charge in [-0.05, 0) is 51.0 Å². The van der Waals surface area contributed by atoms with Crippen molar-refractivity contribution in [3.63, 3.8) is 0 Å². The number of aromatic nitrogens is 3. The van der Waals surface area contributed by atoms with E-state index in [1.54, 1.807) is 30.5 Å². The lowest BCUT2D eigenvalue weighted by Gasteiger charge is -2.33. The summed E-state index contributed by atoms with van der Waals surface area (Å²) in [5, 5.41) is 12.9. The van der Waals surface area contributed by atoms with Gasteiger partial charge in [-0.15, -0.1) is 0 Å². The van der Waals surface area contributed by atoms with Crippen LogP contribution in [0.4, 0.5) is 0 Å². The third-order valence-electron chi connectivity index (χ3n) is 5.19. The lowest BCUT2D eigenvalue weighted by atomic mass is 9.91. The largest absolute Gasteiger partial charge is 0.356 e. The van der Waals surface area contributed by atoms with Crippen molar-refractivity contribution in [3.05, 3.63) is 64.9 Å². The molecule has 7 heteroatoms. The Morgan fingerprint density at radius 2 is 2.07 bits per heavy atom. The first-order valence-corrected chi connectivity index (χ1v) is 9.62. The van der Waals surface area contributed by atoms with Gasteiger partial charge in [0.25, 0.3) is 5.91 Å². The van der Waals surface area contributed by atoms with E-state index in [-0.39, 0.29) is 11.8 Å². The average Bonchev–Trinajstić information content (AvgIpc) is 3.19. The number of piperidine rings is 1. The number of benzene rings is 1. The summed E-state index contributed by atoms with van der Waals surface area (Å²) in [4.78, 5) is 23.9. The molecule has 1 atom stereocenters. The Hall–Kier alpha value is -3.53. The number of rotatable bonds is 3. The summed E-state index contributed by atoms with van der Waals surface area (Å²) in [6, 6.07) is 10.7. The highest BCUT2D eigenvalue weighted by molar-refractivity contribution is 5.94. The number of carbonyl (C=O) groups excluding carboxylic acids is 1. The van der Waals surface area contributed by atoms with Gasteiger partial charge in [0.05, 0.1) is 28.6 Å². The Bertz CT molecular complexity index is 1080. The lowest BCUT2D eigenvalue weighted by molar-refractivity contribution is 0.0706. The molecule has 29 heavy (non-hydrogen) atoms. The minimum Gasteiger partial charge on any atom is -0.356 e. The molecule has 2 aromatic heterocycles. The van der Waals surface area contributed by atoms with Gasteiger partial charge in [0.15, 0.2) is 5.76 Å². The van der Waals surface area contributed by atoms with Crippen LogP contribution in [-0.4, -0.2) is 39.0 Å². The summed E-state index contributed by atoms with van der Waals surface area (Å²) in [5.74, 6) is 1.40. The lowest BCUT2D eigenvalue weighted by Crippen LogP contribution is -2.39. The summed E-state index contributed by atoms with van der Waals surface area (Å²) in [5.41, 5.74) is 3.66. The predicted octanol–water partition coefficient (Wildman–Crippen LogP) is 3.64. The Labute approximate surface area is 169 Å². The Morgan fingerprint density at radius 1 is 1.28 bits per heavy atom. The molecule has 1 saturated heterocycles. The number of carbonyl (C=O) groups is 1. The van der Waals surface area contributed by atoms with Crippen molar-refractivity contribution in [3.8, 4) is 17.4 Å². The zero-order valence-corrected chi connectivity index (χ0v) is 16.4. The first-order chi connectivity index (χ1) is 14.0. The van der Waals surface area contributed by atoms with Gasteiger partial charge in [-0.3, -0.25) is 4.79 Å². The van der Waals surface area contributed by atoms with Crippen molar-refractivity contribution in [1.82, 2.24) is 20.0 Å². The van der Waals surface area contributed by atoms with E-state index in [9.17, 15) is 4.79 Å². The van der Waals surface area contributed by atoms with E-state index in [0.717, 1.165) is 29.8 Å². The van der Waals surface area contributed by atoms with Crippen LogP contribution in [0.1, 0.15) is 51.9 Å². The predicted molar refractivity (Wildman–Crippen MR) is 106 cm³/mol. The molecule has 0 aliphatic carbocycles. The third kappa shape index (κ3) is 3.87.